The van der Waals surface area contributed by atoms with Crippen LogP contribution in [0.4, 0.5) is 0 Å². The summed E-state index contributed by atoms with van der Waals surface area (Å²) in [5, 5.41) is 0. The van der Waals surface area contributed by atoms with Gasteiger partial charge < -0.3 is 9.47 Å². The van der Waals surface area contributed by atoms with Gasteiger partial charge in [-0.3, -0.25) is 9.78 Å². The molecule has 2 aromatic carbocycles. The number of hydrogen-bond acceptors (Lipinski definition) is 3. The van der Waals surface area contributed by atoms with Gasteiger partial charge in [0.2, 0.25) is 0 Å². The van der Waals surface area contributed by atoms with Gasteiger partial charge in [0.15, 0.2) is 0 Å². The van der Waals surface area contributed by atoms with Crippen molar-refractivity contribution in [2.45, 2.75) is 33.5 Å². The number of benzene rings is 2. The average molecular weight is 411 g/mol. The molecule has 0 fully saturated rings. The van der Waals surface area contributed by atoms with Gasteiger partial charge in [0.05, 0.1) is 6.54 Å². The third-order valence-electron chi connectivity index (χ3n) is 5.42. The Balaban J connectivity index is 1.61. The average Bonchev–Trinajstić information content (AvgIpc) is 3.22. The molecule has 0 radical (unpaired) electrons. The monoisotopic (exact) mass is 410 g/mol. The molecule has 0 spiro atoms. The summed E-state index contributed by atoms with van der Waals surface area (Å²) < 4.78 is 2.11. The maximum Gasteiger partial charge on any atom is 0.254 e. The number of rotatable bonds is 7. The van der Waals surface area contributed by atoms with Crippen LogP contribution in [0.3, 0.4) is 0 Å². The van der Waals surface area contributed by atoms with Crippen molar-refractivity contribution < 1.29 is 4.79 Å². The minimum Gasteiger partial charge on any atom is -0.329 e. The maximum atomic E-state index is 13.4. The summed E-state index contributed by atoms with van der Waals surface area (Å²) in [7, 11) is 0. The Morgan fingerprint density at radius 2 is 1.74 bits per heavy atom. The van der Waals surface area contributed by atoms with Crippen LogP contribution in [0, 0.1) is 13.8 Å². The Kier molecular flexibility index (Phi) is 6.22. The Morgan fingerprint density at radius 1 is 0.935 bits per heavy atom. The van der Waals surface area contributed by atoms with E-state index in [0.29, 0.717) is 18.7 Å². The van der Waals surface area contributed by atoms with Gasteiger partial charge in [-0.2, -0.15) is 0 Å². The van der Waals surface area contributed by atoms with E-state index in [1.54, 1.807) is 18.6 Å². The molecule has 2 heterocycles. The first-order valence-corrected chi connectivity index (χ1v) is 10.4. The zero-order chi connectivity index (χ0) is 21.6. The molecule has 0 unspecified atom stereocenters. The smallest absolute Gasteiger partial charge is 0.254 e. The zero-order valence-electron chi connectivity index (χ0n) is 17.9. The van der Waals surface area contributed by atoms with Gasteiger partial charge in [-0.15, -0.1) is 0 Å². The van der Waals surface area contributed by atoms with E-state index in [1.165, 1.54) is 11.1 Å². The molecular weight excluding hydrogens is 384 g/mol. The first kappa shape index (κ1) is 20.5. The molecule has 4 rings (SSSR count). The van der Waals surface area contributed by atoms with E-state index in [0.717, 1.165) is 23.5 Å². The van der Waals surface area contributed by atoms with Crippen molar-refractivity contribution >= 4 is 5.91 Å². The summed E-state index contributed by atoms with van der Waals surface area (Å²) >= 11 is 0. The first-order valence-electron chi connectivity index (χ1n) is 10.4. The summed E-state index contributed by atoms with van der Waals surface area (Å²) in [5.74, 6) is 0.835. The molecule has 0 aliphatic rings. The van der Waals surface area contributed by atoms with Crippen LogP contribution < -0.4 is 0 Å². The van der Waals surface area contributed by atoms with Crippen molar-refractivity contribution in [2.24, 2.45) is 0 Å². The summed E-state index contributed by atoms with van der Waals surface area (Å²) in [6.07, 6.45) is 7.31. The second-order valence-electron chi connectivity index (χ2n) is 7.79. The van der Waals surface area contributed by atoms with Crippen molar-refractivity contribution in [3.63, 3.8) is 0 Å². The molecular formula is C26H26N4O. The molecule has 0 atom stereocenters. The lowest BCUT2D eigenvalue weighted by molar-refractivity contribution is 0.0723. The van der Waals surface area contributed by atoms with Crippen molar-refractivity contribution in [2.75, 3.05) is 0 Å². The lowest BCUT2D eigenvalue weighted by Crippen LogP contribution is -2.31. The molecule has 5 nitrogen and oxygen atoms in total. The molecule has 0 N–H and O–H groups in total. The van der Waals surface area contributed by atoms with Gasteiger partial charge in [0.25, 0.3) is 5.91 Å². The highest BCUT2D eigenvalue weighted by Crippen LogP contribution is 2.16. The standard InChI is InChI=1S/C26H26N4O/c1-20-9-11-23(12-10-20)26(31)30(17-22-7-5-13-27-16-22)19-25-28-14-15-29(25)18-24-8-4-3-6-21(24)2/h3-16H,17-19H2,1-2H3. The third kappa shape index (κ3) is 5.07. The van der Waals surface area contributed by atoms with Gasteiger partial charge in [-0.25, -0.2) is 4.98 Å². The van der Waals surface area contributed by atoms with E-state index < -0.39 is 0 Å². The van der Waals surface area contributed by atoms with Gasteiger partial charge >= 0.3 is 0 Å². The van der Waals surface area contributed by atoms with Crippen LogP contribution in [-0.4, -0.2) is 25.3 Å². The van der Waals surface area contributed by atoms with Crippen LogP contribution in [0.15, 0.2) is 85.5 Å². The number of amides is 1. The lowest BCUT2D eigenvalue weighted by Gasteiger charge is -2.23. The molecule has 156 valence electrons. The van der Waals surface area contributed by atoms with E-state index in [-0.39, 0.29) is 5.91 Å². The van der Waals surface area contributed by atoms with E-state index in [9.17, 15) is 4.79 Å². The highest BCUT2D eigenvalue weighted by Gasteiger charge is 2.19. The van der Waals surface area contributed by atoms with Gasteiger partial charge in [-0.1, -0.05) is 48.0 Å². The van der Waals surface area contributed by atoms with Crippen molar-refractivity contribution in [1.29, 1.82) is 0 Å². The SMILES string of the molecule is Cc1ccc(C(=O)N(Cc2cccnc2)Cc2nccn2Cc2ccccc2C)cc1. The number of carbonyl (C=O) groups excluding carboxylic acids is 1. The van der Waals surface area contributed by atoms with Crippen LogP contribution in [0.5, 0.6) is 0 Å². The second-order valence-corrected chi connectivity index (χ2v) is 7.79. The summed E-state index contributed by atoms with van der Waals surface area (Å²) in [5.41, 5.74) is 5.27. The van der Waals surface area contributed by atoms with Crippen molar-refractivity contribution in [1.82, 2.24) is 19.4 Å². The van der Waals surface area contributed by atoms with Crippen LogP contribution in [0.2, 0.25) is 0 Å². The van der Waals surface area contributed by atoms with E-state index >= 15 is 0 Å². The molecule has 0 aliphatic heterocycles. The summed E-state index contributed by atoms with van der Waals surface area (Å²) in [6.45, 7) is 5.74. The predicted octanol–water partition coefficient (Wildman–Crippen LogP) is 4.79. The molecule has 2 aromatic heterocycles. The van der Waals surface area contributed by atoms with Crippen molar-refractivity contribution in [3.05, 3.63) is 119 Å². The van der Waals surface area contributed by atoms with E-state index in [2.05, 4.69) is 39.7 Å². The number of imidazole rings is 1. The lowest BCUT2D eigenvalue weighted by atomic mass is 10.1. The Labute approximate surface area is 183 Å². The number of nitrogens with zero attached hydrogens (tertiary/aromatic N) is 4. The molecule has 5 heteroatoms. The summed E-state index contributed by atoms with van der Waals surface area (Å²) in [6, 6.07) is 19.9. The molecule has 0 saturated heterocycles. The second kappa shape index (κ2) is 9.39. The Bertz CT molecular complexity index is 1150. The number of pyridine rings is 1. The van der Waals surface area contributed by atoms with Crippen LogP contribution in [-0.2, 0) is 19.6 Å². The first-order chi connectivity index (χ1) is 15.1. The molecule has 0 saturated carbocycles. The normalized spacial score (nSPS) is 10.8. The zero-order valence-corrected chi connectivity index (χ0v) is 17.9. The number of hydrogen-bond donors (Lipinski definition) is 0. The predicted molar refractivity (Wildman–Crippen MR) is 122 cm³/mol. The quantitative estimate of drug-likeness (QED) is 0.440. The largest absolute Gasteiger partial charge is 0.329 e. The fourth-order valence-electron chi connectivity index (χ4n) is 3.57. The molecule has 1 amide bonds. The van der Waals surface area contributed by atoms with Crippen molar-refractivity contribution in [3.8, 4) is 0 Å². The van der Waals surface area contributed by atoms with E-state index in [4.69, 9.17) is 0 Å². The summed E-state index contributed by atoms with van der Waals surface area (Å²) in [4.78, 5) is 24.0. The highest BCUT2D eigenvalue weighted by atomic mass is 16.2. The molecule has 4 aromatic rings. The topological polar surface area (TPSA) is 51.0 Å². The fraction of sp³-hybridized carbons (Fsp3) is 0.192. The van der Waals surface area contributed by atoms with Gasteiger partial charge in [-0.05, 0) is 48.7 Å². The number of carbonyl (C=O) groups is 1. The molecule has 0 bridgehead atoms. The third-order valence-corrected chi connectivity index (χ3v) is 5.42. The van der Waals surface area contributed by atoms with Crippen LogP contribution >= 0.6 is 0 Å². The van der Waals surface area contributed by atoms with Crippen LogP contribution in [0.25, 0.3) is 0 Å². The maximum absolute atomic E-state index is 13.4. The number of aromatic nitrogens is 3. The highest BCUT2D eigenvalue weighted by molar-refractivity contribution is 5.94. The van der Waals surface area contributed by atoms with Gasteiger partial charge in [0.1, 0.15) is 5.82 Å². The molecule has 31 heavy (non-hydrogen) atoms. The fourth-order valence-corrected chi connectivity index (χ4v) is 3.57. The minimum atomic E-state index is -0.0192. The van der Waals surface area contributed by atoms with E-state index in [1.807, 2.05) is 60.5 Å². The molecule has 0 aliphatic carbocycles. The number of aryl methyl sites for hydroxylation is 2. The van der Waals surface area contributed by atoms with Crippen LogP contribution in [0.1, 0.15) is 38.4 Å². The van der Waals surface area contributed by atoms with Gasteiger partial charge in [0, 0.05) is 43.4 Å². The Hall–Kier alpha value is -3.73. The minimum absolute atomic E-state index is 0.0192. The Morgan fingerprint density at radius 3 is 2.48 bits per heavy atom.